The van der Waals surface area contributed by atoms with Gasteiger partial charge in [-0.05, 0) is 35.0 Å². The molecule has 0 unspecified atom stereocenters. The van der Waals surface area contributed by atoms with Crippen LogP contribution in [-0.4, -0.2) is 36.5 Å². The van der Waals surface area contributed by atoms with E-state index in [4.69, 9.17) is 11.6 Å². The first-order valence-corrected chi connectivity index (χ1v) is 7.40. The second-order valence-electron chi connectivity index (χ2n) is 4.45. The molecule has 0 atom stereocenters. The minimum absolute atomic E-state index is 0.136. The average molecular weight is 311 g/mol. The Morgan fingerprint density at radius 2 is 2.15 bits per heavy atom. The van der Waals surface area contributed by atoms with Crippen LogP contribution < -0.4 is 0 Å². The molecule has 0 aromatic carbocycles. The van der Waals surface area contributed by atoms with E-state index in [1.54, 1.807) is 0 Å². The molecule has 9 heteroatoms. The highest BCUT2D eigenvalue weighted by molar-refractivity contribution is 7.99. The Labute approximate surface area is 124 Å². The van der Waals surface area contributed by atoms with Crippen LogP contribution in [0.5, 0.6) is 0 Å². The van der Waals surface area contributed by atoms with E-state index in [0.717, 1.165) is 12.8 Å². The second-order valence-corrected chi connectivity index (χ2v) is 5.76. The van der Waals surface area contributed by atoms with Crippen LogP contribution in [0.1, 0.15) is 42.1 Å². The molecule has 7 nitrogen and oxygen atoms in total. The number of aromatic nitrogens is 6. The van der Waals surface area contributed by atoms with Crippen molar-refractivity contribution in [1.82, 2.24) is 30.2 Å². The molecule has 0 bridgehead atoms. The fourth-order valence-corrected chi connectivity index (χ4v) is 3.37. The number of rotatable bonds is 4. The van der Waals surface area contributed by atoms with Gasteiger partial charge < -0.3 is 0 Å². The van der Waals surface area contributed by atoms with Crippen LogP contribution >= 0.6 is 23.4 Å². The third-order valence-corrected chi connectivity index (χ3v) is 4.51. The molecule has 1 fully saturated rings. The summed E-state index contributed by atoms with van der Waals surface area (Å²) in [6.45, 7) is 0. The predicted molar refractivity (Wildman–Crippen MR) is 71.9 cm³/mol. The van der Waals surface area contributed by atoms with Crippen molar-refractivity contribution in [3.8, 4) is 0 Å². The molecule has 0 spiro atoms. The Hall–Kier alpha value is -1.54. The lowest BCUT2D eigenvalue weighted by atomic mass is 10.3. The largest absolute Gasteiger partial charge is 0.298 e. The van der Waals surface area contributed by atoms with Crippen molar-refractivity contribution in [2.24, 2.45) is 0 Å². The molecule has 1 aliphatic rings. The normalized spacial score (nSPS) is 15.7. The number of hydrogen-bond donors (Lipinski definition) is 0. The van der Waals surface area contributed by atoms with Gasteiger partial charge in [-0.25, -0.2) is 14.6 Å². The summed E-state index contributed by atoms with van der Waals surface area (Å²) in [6, 6.07) is 0.324. The van der Waals surface area contributed by atoms with E-state index in [-0.39, 0.29) is 10.7 Å². The summed E-state index contributed by atoms with van der Waals surface area (Å²) in [5, 5.41) is 13.0. The van der Waals surface area contributed by atoms with E-state index in [1.807, 2.05) is 4.68 Å². The first-order valence-electron chi connectivity index (χ1n) is 6.21. The van der Waals surface area contributed by atoms with E-state index < -0.39 is 0 Å². The highest BCUT2D eigenvalue weighted by Gasteiger charge is 2.23. The number of tetrazole rings is 1. The van der Waals surface area contributed by atoms with Crippen LogP contribution in [0.3, 0.4) is 0 Å². The van der Waals surface area contributed by atoms with Crippen LogP contribution in [0.2, 0.25) is 5.15 Å². The second kappa shape index (κ2) is 5.84. The van der Waals surface area contributed by atoms with Gasteiger partial charge >= 0.3 is 0 Å². The van der Waals surface area contributed by atoms with Gasteiger partial charge in [0, 0.05) is 0 Å². The molecule has 2 heterocycles. The molecule has 0 N–H and O–H groups in total. The topological polar surface area (TPSA) is 86.4 Å². The van der Waals surface area contributed by atoms with Gasteiger partial charge in [-0.1, -0.05) is 24.4 Å². The molecule has 104 valence electrons. The standard InChI is InChI=1S/C11H11ClN6OS/c12-9-8(5-19)10(14-6-13-9)20-11-15-16-17-18(11)7-3-1-2-4-7/h5-7H,1-4H2. The first-order chi connectivity index (χ1) is 9.79. The summed E-state index contributed by atoms with van der Waals surface area (Å²) >= 11 is 7.12. The number of aldehydes is 1. The Balaban J connectivity index is 1.90. The molecule has 1 saturated carbocycles. The Morgan fingerprint density at radius 1 is 1.35 bits per heavy atom. The van der Waals surface area contributed by atoms with Gasteiger partial charge in [0.15, 0.2) is 6.29 Å². The number of carbonyl (C=O) groups excluding carboxylic acids is 1. The lowest BCUT2D eigenvalue weighted by Crippen LogP contribution is -2.08. The summed E-state index contributed by atoms with van der Waals surface area (Å²) in [4.78, 5) is 19.0. The minimum Gasteiger partial charge on any atom is -0.298 e. The van der Waals surface area contributed by atoms with Crippen molar-refractivity contribution >= 4 is 29.6 Å². The van der Waals surface area contributed by atoms with Gasteiger partial charge in [-0.15, -0.1) is 5.10 Å². The van der Waals surface area contributed by atoms with Gasteiger partial charge in [-0.2, -0.15) is 0 Å². The van der Waals surface area contributed by atoms with E-state index in [2.05, 4.69) is 25.5 Å². The van der Waals surface area contributed by atoms with Crippen LogP contribution in [0.25, 0.3) is 0 Å². The lowest BCUT2D eigenvalue weighted by Gasteiger charge is -2.10. The number of halogens is 1. The van der Waals surface area contributed by atoms with Gasteiger partial charge in [0.25, 0.3) is 0 Å². The maximum atomic E-state index is 11.1. The van der Waals surface area contributed by atoms with Crippen LogP contribution in [-0.2, 0) is 0 Å². The monoisotopic (exact) mass is 310 g/mol. The number of hydrogen-bond acceptors (Lipinski definition) is 7. The van der Waals surface area contributed by atoms with E-state index >= 15 is 0 Å². The van der Waals surface area contributed by atoms with Crippen LogP contribution in [0.4, 0.5) is 0 Å². The smallest absolute Gasteiger partial charge is 0.215 e. The quantitative estimate of drug-likeness (QED) is 0.632. The van der Waals surface area contributed by atoms with Crippen molar-refractivity contribution in [2.75, 3.05) is 0 Å². The van der Waals surface area contributed by atoms with Crippen LogP contribution in [0, 0.1) is 0 Å². The summed E-state index contributed by atoms with van der Waals surface area (Å²) in [7, 11) is 0. The van der Waals surface area contributed by atoms with Gasteiger partial charge in [0.05, 0.1) is 11.6 Å². The van der Waals surface area contributed by atoms with E-state index in [1.165, 1.54) is 30.9 Å². The molecule has 3 rings (SSSR count). The molecule has 2 aromatic rings. The fraction of sp³-hybridized carbons (Fsp3) is 0.455. The molecular formula is C11H11ClN6OS. The van der Waals surface area contributed by atoms with Gasteiger partial charge in [-0.3, -0.25) is 4.79 Å². The molecular weight excluding hydrogens is 300 g/mol. The molecule has 0 radical (unpaired) electrons. The number of carbonyl (C=O) groups is 1. The summed E-state index contributed by atoms with van der Waals surface area (Å²) in [6.07, 6.45) is 6.49. The third kappa shape index (κ3) is 2.53. The fourth-order valence-electron chi connectivity index (χ4n) is 2.26. The average Bonchev–Trinajstić information content (AvgIpc) is 3.09. The maximum Gasteiger partial charge on any atom is 0.215 e. The van der Waals surface area contributed by atoms with E-state index in [0.29, 0.717) is 22.5 Å². The van der Waals surface area contributed by atoms with E-state index in [9.17, 15) is 4.79 Å². The molecule has 1 aliphatic carbocycles. The highest BCUT2D eigenvalue weighted by atomic mass is 35.5. The van der Waals surface area contributed by atoms with Gasteiger partial charge in [0.1, 0.15) is 16.5 Å². The van der Waals surface area contributed by atoms with Crippen molar-refractivity contribution in [3.63, 3.8) is 0 Å². The summed E-state index contributed by atoms with van der Waals surface area (Å²) in [5.41, 5.74) is 0.264. The lowest BCUT2D eigenvalue weighted by molar-refractivity contribution is 0.112. The minimum atomic E-state index is 0.136. The SMILES string of the molecule is O=Cc1c(Cl)ncnc1Sc1nnnn1C1CCCC1. The predicted octanol–water partition coefficient (Wildman–Crippen LogP) is 2.20. The molecule has 0 saturated heterocycles. The molecule has 0 aliphatic heterocycles. The first kappa shape index (κ1) is 13.4. The molecule has 2 aromatic heterocycles. The van der Waals surface area contributed by atoms with Crippen molar-refractivity contribution < 1.29 is 4.79 Å². The Kier molecular flexibility index (Phi) is 3.93. The van der Waals surface area contributed by atoms with Crippen LogP contribution in [0.15, 0.2) is 16.5 Å². The van der Waals surface area contributed by atoms with Gasteiger partial charge in [0.2, 0.25) is 5.16 Å². The third-order valence-electron chi connectivity index (χ3n) is 3.24. The zero-order valence-electron chi connectivity index (χ0n) is 10.4. The molecule has 20 heavy (non-hydrogen) atoms. The van der Waals surface area contributed by atoms with Crippen molar-refractivity contribution in [2.45, 2.75) is 41.9 Å². The summed E-state index contributed by atoms with van der Waals surface area (Å²) in [5.74, 6) is 0. The molecule has 0 amide bonds. The van der Waals surface area contributed by atoms with Crippen molar-refractivity contribution in [1.29, 1.82) is 0 Å². The number of nitrogens with zero attached hydrogens (tertiary/aromatic N) is 6. The Morgan fingerprint density at radius 3 is 2.90 bits per heavy atom. The zero-order chi connectivity index (χ0) is 13.9. The Bertz CT molecular complexity index is 627. The highest BCUT2D eigenvalue weighted by Crippen LogP contribution is 2.34. The maximum absolute atomic E-state index is 11.1. The summed E-state index contributed by atoms with van der Waals surface area (Å²) < 4.78 is 1.81. The zero-order valence-corrected chi connectivity index (χ0v) is 12.0. The van der Waals surface area contributed by atoms with Crippen molar-refractivity contribution in [3.05, 3.63) is 17.0 Å².